The van der Waals surface area contributed by atoms with Gasteiger partial charge in [0, 0.05) is 6.04 Å². The number of carboxylic acids is 1. The molecule has 0 radical (unpaired) electrons. The molecule has 2 rings (SSSR count). The van der Waals surface area contributed by atoms with Crippen molar-refractivity contribution in [1.82, 2.24) is 4.90 Å². The van der Waals surface area contributed by atoms with Gasteiger partial charge in [-0.05, 0) is 56.4 Å². The molecule has 110 valence electrons. The minimum atomic E-state index is -0.617. The van der Waals surface area contributed by atoms with Crippen LogP contribution in [0.1, 0.15) is 65.7 Å². The van der Waals surface area contributed by atoms with Crippen LogP contribution in [0.15, 0.2) is 0 Å². The number of hydrogen-bond donors (Lipinski definition) is 1. The smallest absolute Gasteiger partial charge is 0.320 e. The van der Waals surface area contributed by atoms with E-state index in [1.807, 2.05) is 0 Å². The van der Waals surface area contributed by atoms with E-state index in [-0.39, 0.29) is 6.04 Å². The van der Waals surface area contributed by atoms with Crippen molar-refractivity contribution < 1.29 is 9.90 Å². The fourth-order valence-corrected chi connectivity index (χ4v) is 3.97. The Hall–Kier alpha value is -0.570. The molecule has 2 fully saturated rings. The molecular weight excluding hydrogens is 238 g/mol. The van der Waals surface area contributed by atoms with E-state index in [1.165, 1.54) is 32.1 Å². The summed E-state index contributed by atoms with van der Waals surface area (Å²) in [5.74, 6) is 0.178. The highest BCUT2D eigenvalue weighted by molar-refractivity contribution is 5.73. The lowest BCUT2D eigenvalue weighted by Crippen LogP contribution is -2.43. The Balaban J connectivity index is 1.97. The average molecular weight is 267 g/mol. The lowest BCUT2D eigenvalue weighted by Gasteiger charge is -2.32. The van der Waals surface area contributed by atoms with Crippen LogP contribution in [0, 0.1) is 11.3 Å². The Morgan fingerprint density at radius 3 is 2.42 bits per heavy atom. The van der Waals surface area contributed by atoms with Gasteiger partial charge >= 0.3 is 5.97 Å². The molecule has 0 aromatic rings. The third-order valence-electron chi connectivity index (χ3n) is 5.21. The van der Waals surface area contributed by atoms with E-state index in [0.717, 1.165) is 25.3 Å². The lowest BCUT2D eigenvalue weighted by atomic mass is 9.76. The number of nitrogens with zero attached hydrogens (tertiary/aromatic N) is 1. The van der Waals surface area contributed by atoms with Crippen molar-refractivity contribution >= 4 is 5.97 Å². The summed E-state index contributed by atoms with van der Waals surface area (Å²) in [7, 11) is 0. The second-order valence-corrected chi connectivity index (χ2v) is 7.46. The molecule has 3 nitrogen and oxygen atoms in total. The fourth-order valence-electron chi connectivity index (χ4n) is 3.97. The molecule has 3 atom stereocenters. The van der Waals surface area contributed by atoms with Gasteiger partial charge in [0.15, 0.2) is 0 Å². The summed E-state index contributed by atoms with van der Waals surface area (Å²) in [4.78, 5) is 13.6. The van der Waals surface area contributed by atoms with Crippen LogP contribution in [0.2, 0.25) is 0 Å². The van der Waals surface area contributed by atoms with Gasteiger partial charge in [-0.1, -0.05) is 27.2 Å². The first kappa shape index (κ1) is 14.8. The maximum absolute atomic E-state index is 11.3. The first-order chi connectivity index (χ1) is 8.89. The second kappa shape index (κ2) is 5.82. The fraction of sp³-hybridized carbons (Fsp3) is 0.938. The monoisotopic (exact) mass is 267 g/mol. The number of carbonyl (C=O) groups is 1. The molecule has 1 aliphatic heterocycles. The van der Waals surface area contributed by atoms with Crippen molar-refractivity contribution in [2.75, 3.05) is 6.54 Å². The summed E-state index contributed by atoms with van der Waals surface area (Å²) in [6.07, 6.45) is 8.10. The quantitative estimate of drug-likeness (QED) is 0.778. The molecular formula is C16H29NO2. The van der Waals surface area contributed by atoms with Crippen LogP contribution in [0.3, 0.4) is 0 Å². The van der Waals surface area contributed by atoms with Crippen LogP contribution in [0.4, 0.5) is 0 Å². The van der Waals surface area contributed by atoms with E-state index >= 15 is 0 Å². The summed E-state index contributed by atoms with van der Waals surface area (Å²) in [6.45, 7) is 8.01. The molecule has 2 aliphatic rings. The average Bonchev–Trinajstić information content (AvgIpc) is 2.65. The molecule has 1 saturated carbocycles. The standard InChI is InChI=1S/C16H29NO2/c1-16(2,3)12-6-4-7-13(10-9-12)17-11-5-8-14(17)15(18)19/h12-14H,4-11H2,1-3H3,(H,18,19). The van der Waals surface area contributed by atoms with Crippen LogP contribution < -0.4 is 0 Å². The Morgan fingerprint density at radius 2 is 1.79 bits per heavy atom. The van der Waals surface area contributed by atoms with Gasteiger partial charge in [-0.15, -0.1) is 0 Å². The molecule has 0 amide bonds. The predicted molar refractivity (Wildman–Crippen MR) is 77.2 cm³/mol. The Bertz CT molecular complexity index is 321. The van der Waals surface area contributed by atoms with Crippen LogP contribution >= 0.6 is 0 Å². The van der Waals surface area contributed by atoms with E-state index in [4.69, 9.17) is 0 Å². The van der Waals surface area contributed by atoms with Crippen molar-refractivity contribution in [3.8, 4) is 0 Å². The lowest BCUT2D eigenvalue weighted by molar-refractivity contribution is -0.143. The highest BCUT2D eigenvalue weighted by Gasteiger charge is 2.37. The van der Waals surface area contributed by atoms with E-state index < -0.39 is 5.97 Å². The van der Waals surface area contributed by atoms with E-state index in [1.54, 1.807) is 0 Å². The van der Waals surface area contributed by atoms with E-state index in [0.29, 0.717) is 11.5 Å². The molecule has 1 heterocycles. The van der Waals surface area contributed by atoms with Crippen molar-refractivity contribution in [3.05, 3.63) is 0 Å². The van der Waals surface area contributed by atoms with Gasteiger partial charge in [-0.3, -0.25) is 9.69 Å². The van der Waals surface area contributed by atoms with E-state index in [2.05, 4.69) is 25.7 Å². The Labute approximate surface area is 117 Å². The van der Waals surface area contributed by atoms with Gasteiger partial charge in [0.25, 0.3) is 0 Å². The third kappa shape index (κ3) is 3.50. The van der Waals surface area contributed by atoms with E-state index in [9.17, 15) is 9.90 Å². The molecule has 3 heteroatoms. The molecule has 3 unspecified atom stereocenters. The Kier molecular flexibility index (Phi) is 4.54. The van der Waals surface area contributed by atoms with Crippen molar-refractivity contribution in [3.63, 3.8) is 0 Å². The summed E-state index contributed by atoms with van der Waals surface area (Å²) < 4.78 is 0. The molecule has 19 heavy (non-hydrogen) atoms. The van der Waals surface area contributed by atoms with Crippen LogP contribution in [-0.2, 0) is 4.79 Å². The zero-order chi connectivity index (χ0) is 14.0. The molecule has 1 N–H and O–H groups in total. The van der Waals surface area contributed by atoms with Crippen LogP contribution in [-0.4, -0.2) is 34.6 Å². The van der Waals surface area contributed by atoms with Crippen LogP contribution in [0.25, 0.3) is 0 Å². The maximum Gasteiger partial charge on any atom is 0.320 e. The summed E-state index contributed by atoms with van der Waals surface area (Å²) in [5, 5.41) is 9.32. The Morgan fingerprint density at radius 1 is 1.05 bits per heavy atom. The van der Waals surface area contributed by atoms with Gasteiger partial charge in [0.2, 0.25) is 0 Å². The first-order valence-electron chi connectivity index (χ1n) is 7.88. The highest BCUT2D eigenvalue weighted by atomic mass is 16.4. The number of rotatable bonds is 2. The largest absolute Gasteiger partial charge is 0.480 e. The summed E-state index contributed by atoms with van der Waals surface area (Å²) in [5.41, 5.74) is 0.395. The van der Waals surface area contributed by atoms with Crippen LogP contribution in [0.5, 0.6) is 0 Å². The number of hydrogen-bond acceptors (Lipinski definition) is 2. The zero-order valence-corrected chi connectivity index (χ0v) is 12.7. The zero-order valence-electron chi connectivity index (χ0n) is 12.7. The van der Waals surface area contributed by atoms with Crippen molar-refractivity contribution in [2.45, 2.75) is 77.8 Å². The van der Waals surface area contributed by atoms with Gasteiger partial charge in [-0.2, -0.15) is 0 Å². The first-order valence-corrected chi connectivity index (χ1v) is 7.88. The molecule has 1 aliphatic carbocycles. The minimum absolute atomic E-state index is 0.212. The second-order valence-electron chi connectivity index (χ2n) is 7.46. The number of likely N-dealkylation sites (tertiary alicyclic amines) is 1. The molecule has 0 aromatic carbocycles. The topological polar surface area (TPSA) is 40.5 Å². The molecule has 0 bridgehead atoms. The third-order valence-corrected chi connectivity index (χ3v) is 5.21. The molecule has 0 aromatic heterocycles. The molecule has 1 saturated heterocycles. The minimum Gasteiger partial charge on any atom is -0.480 e. The van der Waals surface area contributed by atoms with Gasteiger partial charge < -0.3 is 5.11 Å². The molecule has 0 spiro atoms. The predicted octanol–water partition coefficient (Wildman–Crippen LogP) is 3.53. The van der Waals surface area contributed by atoms with Crippen molar-refractivity contribution in [2.24, 2.45) is 11.3 Å². The summed E-state index contributed by atoms with van der Waals surface area (Å²) >= 11 is 0. The highest BCUT2D eigenvalue weighted by Crippen LogP contribution is 2.38. The number of aliphatic carboxylic acids is 1. The summed E-state index contributed by atoms with van der Waals surface area (Å²) in [6, 6.07) is 0.298. The van der Waals surface area contributed by atoms with Crippen molar-refractivity contribution in [1.29, 1.82) is 0 Å². The number of carboxylic acid groups (broad SMARTS) is 1. The normalized spacial score (nSPS) is 34.2. The van der Waals surface area contributed by atoms with Gasteiger partial charge in [0.05, 0.1) is 0 Å². The SMILES string of the molecule is CC(C)(C)C1CCCC(N2CCCC2C(=O)O)CC1. The van der Waals surface area contributed by atoms with Gasteiger partial charge in [0.1, 0.15) is 6.04 Å². The van der Waals surface area contributed by atoms with Gasteiger partial charge in [-0.25, -0.2) is 0 Å². The maximum atomic E-state index is 11.3.